The first-order chi connectivity index (χ1) is 13.1. The number of imide groups is 1. The zero-order valence-electron chi connectivity index (χ0n) is 15.5. The molecule has 0 aromatic heterocycles. The van der Waals surface area contributed by atoms with Crippen LogP contribution < -0.4 is 19.3 Å². The molecule has 2 heterocycles. The van der Waals surface area contributed by atoms with Crippen LogP contribution in [-0.4, -0.2) is 38.6 Å². The van der Waals surface area contributed by atoms with Crippen LogP contribution in [0.25, 0.3) is 0 Å². The summed E-state index contributed by atoms with van der Waals surface area (Å²) >= 11 is 0. The largest absolute Gasteiger partial charge is 0.493 e. The van der Waals surface area contributed by atoms with Crippen molar-refractivity contribution in [3.63, 3.8) is 0 Å². The third-order valence-electron chi connectivity index (χ3n) is 5.49. The Hall–Kier alpha value is -2.86. The van der Waals surface area contributed by atoms with Crippen LogP contribution in [0.4, 0.5) is 5.69 Å². The second-order valence-electron chi connectivity index (χ2n) is 6.97. The molecule has 1 unspecified atom stereocenters. The molecule has 0 aliphatic carbocycles. The normalized spacial score (nSPS) is 21.9. The average molecular weight is 367 g/mol. The van der Waals surface area contributed by atoms with Gasteiger partial charge in [-0.1, -0.05) is 18.2 Å². The molecule has 140 valence electrons. The van der Waals surface area contributed by atoms with Gasteiger partial charge in [0.1, 0.15) is 6.54 Å². The third kappa shape index (κ3) is 3.06. The highest BCUT2D eigenvalue weighted by Gasteiger charge is 2.46. The lowest BCUT2D eigenvalue weighted by Crippen LogP contribution is -3.16. The van der Waals surface area contributed by atoms with Crippen molar-refractivity contribution in [2.75, 3.05) is 25.7 Å². The molecule has 0 bridgehead atoms. The van der Waals surface area contributed by atoms with E-state index in [1.807, 2.05) is 30.3 Å². The van der Waals surface area contributed by atoms with Crippen LogP contribution in [0.15, 0.2) is 42.5 Å². The maximum atomic E-state index is 13.0. The number of carbonyl (C=O) groups is 2. The van der Waals surface area contributed by atoms with Gasteiger partial charge in [-0.3, -0.25) is 9.59 Å². The summed E-state index contributed by atoms with van der Waals surface area (Å²) in [4.78, 5) is 28.0. The highest BCUT2D eigenvalue weighted by atomic mass is 16.5. The second-order valence-corrected chi connectivity index (χ2v) is 6.97. The van der Waals surface area contributed by atoms with Crippen molar-refractivity contribution in [2.45, 2.75) is 25.4 Å². The molecule has 2 aromatic rings. The fourth-order valence-corrected chi connectivity index (χ4v) is 4.09. The number of quaternary nitrogens is 1. The van der Waals surface area contributed by atoms with E-state index in [1.54, 1.807) is 26.4 Å². The molecule has 1 fully saturated rings. The lowest BCUT2D eigenvalue weighted by molar-refractivity contribution is -0.930. The van der Waals surface area contributed by atoms with Crippen molar-refractivity contribution >= 4 is 17.5 Å². The molecule has 1 N–H and O–H groups in total. The minimum absolute atomic E-state index is 0.106. The molecule has 0 radical (unpaired) electrons. The summed E-state index contributed by atoms with van der Waals surface area (Å²) in [5, 5.41) is 0. The van der Waals surface area contributed by atoms with Crippen molar-refractivity contribution < 1.29 is 24.0 Å². The summed E-state index contributed by atoms with van der Waals surface area (Å²) in [7, 11) is 3.25. The zero-order valence-corrected chi connectivity index (χ0v) is 15.5. The number of anilines is 1. The molecule has 2 atom stereocenters. The van der Waals surface area contributed by atoms with Crippen LogP contribution in [0.5, 0.6) is 11.5 Å². The minimum atomic E-state index is -0.334. The number of methoxy groups -OCH3 is 2. The van der Waals surface area contributed by atoms with Crippen LogP contribution in [0.3, 0.4) is 0 Å². The summed E-state index contributed by atoms with van der Waals surface area (Å²) < 4.78 is 10.8. The first kappa shape index (κ1) is 17.5. The predicted molar refractivity (Wildman–Crippen MR) is 100 cm³/mol. The number of ether oxygens (including phenoxy) is 2. The average Bonchev–Trinajstić information content (AvgIpc) is 3.01. The zero-order chi connectivity index (χ0) is 19.0. The Morgan fingerprint density at radius 1 is 1.00 bits per heavy atom. The number of nitrogens with one attached hydrogen (secondary N) is 1. The van der Waals surface area contributed by atoms with E-state index < -0.39 is 0 Å². The first-order valence-corrected chi connectivity index (χ1v) is 9.12. The molecule has 2 amide bonds. The lowest BCUT2D eigenvalue weighted by atomic mass is 9.97. The number of hydrogen-bond donors (Lipinski definition) is 1. The van der Waals surface area contributed by atoms with E-state index in [0.717, 1.165) is 29.2 Å². The van der Waals surface area contributed by atoms with Crippen molar-refractivity contribution in [1.29, 1.82) is 0 Å². The third-order valence-corrected chi connectivity index (χ3v) is 5.49. The molecule has 0 saturated carbocycles. The van der Waals surface area contributed by atoms with Gasteiger partial charge in [0, 0.05) is 12.0 Å². The molecule has 2 aromatic carbocycles. The van der Waals surface area contributed by atoms with Gasteiger partial charge >= 0.3 is 0 Å². The highest BCUT2D eigenvalue weighted by Crippen LogP contribution is 2.31. The summed E-state index contributed by atoms with van der Waals surface area (Å²) in [6.45, 7) is 1.51. The van der Waals surface area contributed by atoms with Crippen LogP contribution in [0, 0.1) is 0 Å². The Morgan fingerprint density at radius 3 is 2.33 bits per heavy atom. The van der Waals surface area contributed by atoms with Crippen molar-refractivity contribution in [3.05, 3.63) is 53.6 Å². The van der Waals surface area contributed by atoms with Gasteiger partial charge < -0.3 is 14.4 Å². The van der Waals surface area contributed by atoms with Crippen LogP contribution in [0.1, 0.15) is 17.5 Å². The Labute approximate surface area is 158 Å². The van der Waals surface area contributed by atoms with Crippen molar-refractivity contribution in [1.82, 2.24) is 0 Å². The van der Waals surface area contributed by atoms with Gasteiger partial charge in [0.15, 0.2) is 17.5 Å². The van der Waals surface area contributed by atoms with Gasteiger partial charge in [0.2, 0.25) is 5.91 Å². The standard InChI is InChI=1S/C21H22N2O4/c1-26-18-10-14-8-9-22(13-15(14)11-19(18)27-2)17-12-20(24)23(21(17)25)16-6-4-3-5-7-16/h3-7,10-11,17H,8-9,12-13H2,1-2H3/p+1/t17-/m0/s1. The molecule has 6 nitrogen and oxygen atoms in total. The molecular formula is C21H23N2O4+. The van der Waals surface area contributed by atoms with E-state index in [1.165, 1.54) is 10.5 Å². The summed E-state index contributed by atoms with van der Waals surface area (Å²) in [6, 6.07) is 12.8. The topological polar surface area (TPSA) is 60.3 Å². The van der Waals surface area contributed by atoms with Crippen molar-refractivity contribution in [3.8, 4) is 11.5 Å². The van der Waals surface area contributed by atoms with Gasteiger partial charge in [-0.15, -0.1) is 0 Å². The molecule has 4 rings (SSSR count). The van der Waals surface area contributed by atoms with E-state index >= 15 is 0 Å². The van der Waals surface area contributed by atoms with E-state index in [9.17, 15) is 9.59 Å². The summed E-state index contributed by atoms with van der Waals surface area (Å²) in [5.41, 5.74) is 3.01. The SMILES string of the molecule is COc1cc2c(cc1OC)C[NH+]([C@H]1CC(=O)N(c3ccccc3)C1=O)CC2. The van der Waals surface area contributed by atoms with Gasteiger partial charge in [0.05, 0.1) is 32.9 Å². The van der Waals surface area contributed by atoms with Crippen molar-refractivity contribution in [2.24, 2.45) is 0 Å². The Kier molecular flexibility index (Phi) is 4.58. The lowest BCUT2D eigenvalue weighted by Gasteiger charge is -2.30. The summed E-state index contributed by atoms with van der Waals surface area (Å²) in [6.07, 6.45) is 1.10. The van der Waals surface area contributed by atoms with Gasteiger partial charge in [-0.05, 0) is 29.8 Å². The predicted octanol–water partition coefficient (Wildman–Crippen LogP) is 0.977. The number of fused-ring (bicyclic) bond motifs is 1. The maximum Gasteiger partial charge on any atom is 0.292 e. The number of para-hydroxylation sites is 1. The fourth-order valence-electron chi connectivity index (χ4n) is 4.09. The highest BCUT2D eigenvalue weighted by molar-refractivity contribution is 6.21. The number of rotatable bonds is 4. The Morgan fingerprint density at radius 2 is 1.67 bits per heavy atom. The molecule has 6 heteroatoms. The Balaban J connectivity index is 1.57. The minimum Gasteiger partial charge on any atom is -0.493 e. The van der Waals surface area contributed by atoms with Crippen LogP contribution >= 0.6 is 0 Å². The molecular weight excluding hydrogens is 344 g/mol. The quantitative estimate of drug-likeness (QED) is 0.819. The monoisotopic (exact) mass is 367 g/mol. The van der Waals surface area contributed by atoms with Gasteiger partial charge in [0.25, 0.3) is 5.91 Å². The molecule has 2 aliphatic heterocycles. The molecule has 2 aliphatic rings. The van der Waals surface area contributed by atoms with E-state index in [0.29, 0.717) is 18.0 Å². The van der Waals surface area contributed by atoms with E-state index in [-0.39, 0.29) is 24.3 Å². The number of nitrogens with zero attached hydrogens (tertiary/aromatic N) is 1. The molecule has 1 saturated heterocycles. The molecule has 27 heavy (non-hydrogen) atoms. The number of hydrogen-bond acceptors (Lipinski definition) is 4. The van der Waals surface area contributed by atoms with E-state index in [2.05, 4.69) is 0 Å². The smallest absolute Gasteiger partial charge is 0.292 e. The van der Waals surface area contributed by atoms with E-state index in [4.69, 9.17) is 9.47 Å². The van der Waals surface area contributed by atoms with Crippen LogP contribution in [0.2, 0.25) is 0 Å². The Bertz CT molecular complexity index is 881. The fraction of sp³-hybridized carbons (Fsp3) is 0.333. The first-order valence-electron chi connectivity index (χ1n) is 9.12. The number of amides is 2. The number of benzene rings is 2. The van der Waals surface area contributed by atoms with Gasteiger partial charge in [-0.2, -0.15) is 0 Å². The van der Waals surface area contributed by atoms with Crippen LogP contribution in [-0.2, 0) is 22.6 Å². The second kappa shape index (κ2) is 7.04. The maximum absolute atomic E-state index is 13.0. The summed E-state index contributed by atoms with van der Waals surface area (Å²) in [5.74, 6) is 1.19. The number of carbonyl (C=O) groups excluding carboxylic acids is 2. The molecule has 0 spiro atoms. The van der Waals surface area contributed by atoms with Gasteiger partial charge in [-0.25, -0.2) is 4.90 Å².